The van der Waals surface area contributed by atoms with Gasteiger partial charge < -0.3 is 9.80 Å². The summed E-state index contributed by atoms with van der Waals surface area (Å²) in [6.07, 6.45) is 0. The summed E-state index contributed by atoms with van der Waals surface area (Å²) >= 11 is 3.69. The van der Waals surface area contributed by atoms with Crippen LogP contribution < -0.4 is 0 Å². The number of hydrogen-bond acceptors (Lipinski definition) is 2. The zero-order valence-electron chi connectivity index (χ0n) is 12.9. The summed E-state index contributed by atoms with van der Waals surface area (Å²) in [7, 11) is 0. The molecule has 2 nitrogen and oxygen atoms in total. The molecule has 1 unspecified atom stereocenters. The highest BCUT2D eigenvalue weighted by Crippen LogP contribution is 2.28. The third kappa shape index (κ3) is 5.58. The number of piperazine rings is 1. The van der Waals surface area contributed by atoms with Crippen molar-refractivity contribution < 1.29 is 0 Å². The van der Waals surface area contributed by atoms with E-state index in [1.807, 2.05) is 0 Å². The van der Waals surface area contributed by atoms with E-state index in [9.17, 15) is 0 Å². The first kappa shape index (κ1) is 16.5. The van der Waals surface area contributed by atoms with Crippen LogP contribution >= 0.6 is 15.9 Å². The van der Waals surface area contributed by atoms with E-state index in [4.69, 9.17) is 0 Å². The predicted octanol–water partition coefficient (Wildman–Crippen LogP) is 3.32. The molecule has 18 heavy (non-hydrogen) atoms. The van der Waals surface area contributed by atoms with E-state index in [-0.39, 0.29) is 0 Å². The van der Waals surface area contributed by atoms with Gasteiger partial charge in [0, 0.05) is 44.6 Å². The summed E-state index contributed by atoms with van der Waals surface area (Å²) in [6.45, 7) is 19.2. The molecule has 0 aromatic carbocycles. The molecular formula is C15H31BrN2. The quantitative estimate of drug-likeness (QED) is 0.717. The maximum absolute atomic E-state index is 3.69. The Bertz CT molecular complexity index is 227. The highest BCUT2D eigenvalue weighted by molar-refractivity contribution is 9.09. The molecule has 1 aliphatic rings. The molecule has 0 N–H and O–H groups in total. The Kier molecular flexibility index (Phi) is 6.63. The van der Waals surface area contributed by atoms with Gasteiger partial charge in [-0.3, -0.25) is 0 Å². The molecular weight excluding hydrogens is 288 g/mol. The van der Waals surface area contributed by atoms with Crippen LogP contribution in [-0.4, -0.2) is 54.4 Å². The lowest BCUT2D eigenvalue weighted by molar-refractivity contribution is 0.0913. The summed E-state index contributed by atoms with van der Waals surface area (Å²) in [5.41, 5.74) is 0.401. The second-order valence-electron chi connectivity index (χ2n) is 7.21. The molecule has 0 bridgehead atoms. The molecule has 108 valence electrons. The number of alkyl halides is 1. The van der Waals surface area contributed by atoms with Gasteiger partial charge in [-0.2, -0.15) is 0 Å². The van der Waals surface area contributed by atoms with Crippen molar-refractivity contribution in [3.63, 3.8) is 0 Å². The van der Waals surface area contributed by atoms with Gasteiger partial charge in [-0.25, -0.2) is 0 Å². The van der Waals surface area contributed by atoms with Crippen LogP contribution in [0.25, 0.3) is 0 Å². The number of hydrogen-bond donors (Lipinski definition) is 0. The fourth-order valence-corrected chi connectivity index (χ4v) is 3.71. The molecule has 1 aliphatic heterocycles. The van der Waals surface area contributed by atoms with E-state index in [1.54, 1.807) is 0 Å². The maximum atomic E-state index is 3.69. The van der Waals surface area contributed by atoms with Crippen LogP contribution in [0.4, 0.5) is 0 Å². The summed E-state index contributed by atoms with van der Waals surface area (Å²) in [6, 6.07) is 0. The third-order valence-corrected chi connectivity index (χ3v) is 4.76. The lowest BCUT2D eigenvalue weighted by Gasteiger charge is -2.39. The van der Waals surface area contributed by atoms with Gasteiger partial charge in [0.2, 0.25) is 0 Å². The van der Waals surface area contributed by atoms with E-state index < -0.39 is 0 Å². The third-order valence-electron chi connectivity index (χ3n) is 3.98. The van der Waals surface area contributed by atoms with Gasteiger partial charge >= 0.3 is 0 Å². The lowest BCUT2D eigenvalue weighted by Crippen LogP contribution is -2.49. The first-order valence-corrected chi connectivity index (χ1v) is 8.45. The second-order valence-corrected chi connectivity index (χ2v) is 7.86. The monoisotopic (exact) mass is 318 g/mol. The van der Waals surface area contributed by atoms with Crippen molar-refractivity contribution in [2.45, 2.75) is 34.6 Å². The van der Waals surface area contributed by atoms with Crippen molar-refractivity contribution in [2.75, 3.05) is 44.6 Å². The molecule has 0 aromatic heterocycles. The van der Waals surface area contributed by atoms with Crippen molar-refractivity contribution in [3.8, 4) is 0 Å². The molecule has 0 radical (unpaired) electrons. The van der Waals surface area contributed by atoms with Gasteiger partial charge in [-0.15, -0.1) is 0 Å². The van der Waals surface area contributed by atoms with Crippen molar-refractivity contribution in [1.29, 1.82) is 0 Å². The molecule has 1 atom stereocenters. The Hall–Kier alpha value is 0.400. The standard InChI is InChI=1S/C15H31BrN2/c1-13(2)11-17-6-8-18(9-7-17)12-14(10-16)15(3,4)5/h13-14H,6-12H2,1-5H3. The average molecular weight is 319 g/mol. The van der Waals surface area contributed by atoms with Crippen molar-refractivity contribution in [1.82, 2.24) is 9.80 Å². The molecule has 0 spiro atoms. The molecule has 0 amide bonds. The predicted molar refractivity (Wildman–Crippen MR) is 84.5 cm³/mol. The second kappa shape index (κ2) is 7.25. The highest BCUT2D eigenvalue weighted by atomic mass is 79.9. The van der Waals surface area contributed by atoms with Crippen LogP contribution in [-0.2, 0) is 0 Å². The summed E-state index contributed by atoms with van der Waals surface area (Å²) in [5, 5.41) is 1.11. The fourth-order valence-electron chi connectivity index (χ4n) is 2.54. The molecule has 1 fully saturated rings. The van der Waals surface area contributed by atoms with Crippen LogP contribution in [0.15, 0.2) is 0 Å². The first-order chi connectivity index (χ1) is 8.32. The van der Waals surface area contributed by atoms with Gasteiger partial charge in [-0.1, -0.05) is 50.5 Å². The van der Waals surface area contributed by atoms with Gasteiger partial charge in [0.05, 0.1) is 0 Å². The molecule has 0 aliphatic carbocycles. The highest BCUT2D eigenvalue weighted by Gasteiger charge is 2.27. The Morgan fingerprint density at radius 2 is 1.39 bits per heavy atom. The average Bonchev–Trinajstić information content (AvgIpc) is 2.25. The Morgan fingerprint density at radius 1 is 0.944 bits per heavy atom. The minimum absolute atomic E-state index is 0.401. The molecule has 3 heteroatoms. The van der Waals surface area contributed by atoms with Crippen LogP contribution in [0.3, 0.4) is 0 Å². The normalized spacial score (nSPS) is 21.5. The van der Waals surface area contributed by atoms with Crippen LogP contribution in [0.2, 0.25) is 0 Å². The largest absolute Gasteiger partial charge is 0.301 e. The van der Waals surface area contributed by atoms with E-state index in [0.29, 0.717) is 5.41 Å². The van der Waals surface area contributed by atoms with Crippen molar-refractivity contribution in [2.24, 2.45) is 17.3 Å². The van der Waals surface area contributed by atoms with Crippen molar-refractivity contribution in [3.05, 3.63) is 0 Å². The number of nitrogens with zero attached hydrogens (tertiary/aromatic N) is 2. The maximum Gasteiger partial charge on any atom is 0.0110 e. The fraction of sp³-hybridized carbons (Fsp3) is 1.00. The molecule has 0 saturated carbocycles. The Balaban J connectivity index is 2.34. The summed E-state index contributed by atoms with van der Waals surface area (Å²) in [4.78, 5) is 5.26. The van der Waals surface area contributed by atoms with Crippen LogP contribution in [0, 0.1) is 17.3 Å². The van der Waals surface area contributed by atoms with Gasteiger partial charge in [0.1, 0.15) is 0 Å². The van der Waals surface area contributed by atoms with Crippen LogP contribution in [0.5, 0.6) is 0 Å². The topological polar surface area (TPSA) is 6.48 Å². The summed E-state index contributed by atoms with van der Waals surface area (Å²) in [5.74, 6) is 1.54. The smallest absolute Gasteiger partial charge is 0.0110 e. The van der Waals surface area contributed by atoms with E-state index >= 15 is 0 Å². The van der Waals surface area contributed by atoms with Crippen LogP contribution in [0.1, 0.15) is 34.6 Å². The SMILES string of the molecule is CC(C)CN1CCN(CC(CBr)C(C)(C)C)CC1. The Morgan fingerprint density at radius 3 is 1.72 bits per heavy atom. The van der Waals surface area contributed by atoms with Gasteiger partial charge in [0.15, 0.2) is 0 Å². The van der Waals surface area contributed by atoms with E-state index in [1.165, 1.54) is 39.3 Å². The number of rotatable bonds is 5. The first-order valence-electron chi connectivity index (χ1n) is 7.33. The minimum atomic E-state index is 0.401. The summed E-state index contributed by atoms with van der Waals surface area (Å²) < 4.78 is 0. The lowest BCUT2D eigenvalue weighted by atomic mass is 9.81. The molecule has 0 aromatic rings. The van der Waals surface area contributed by atoms with E-state index in [0.717, 1.165) is 17.2 Å². The minimum Gasteiger partial charge on any atom is -0.301 e. The molecule has 1 heterocycles. The molecule has 1 saturated heterocycles. The van der Waals surface area contributed by atoms with Gasteiger partial charge in [-0.05, 0) is 17.3 Å². The zero-order valence-corrected chi connectivity index (χ0v) is 14.5. The Labute approximate surface area is 122 Å². The zero-order chi connectivity index (χ0) is 13.8. The van der Waals surface area contributed by atoms with Gasteiger partial charge in [0.25, 0.3) is 0 Å². The number of halogens is 1. The van der Waals surface area contributed by atoms with Crippen molar-refractivity contribution >= 4 is 15.9 Å². The molecule has 1 rings (SSSR count). The van der Waals surface area contributed by atoms with E-state index in [2.05, 4.69) is 60.3 Å².